The number of aromatic nitrogens is 2. The van der Waals surface area contributed by atoms with Crippen molar-refractivity contribution in [1.29, 1.82) is 0 Å². The summed E-state index contributed by atoms with van der Waals surface area (Å²) in [6.07, 6.45) is 0. The molecule has 0 saturated carbocycles. The number of carbonyl (C=O) groups excluding carboxylic acids is 1. The zero-order valence-electron chi connectivity index (χ0n) is 14.7. The first-order valence-electron chi connectivity index (χ1n) is 8.01. The third-order valence-electron chi connectivity index (χ3n) is 4.55. The first kappa shape index (κ1) is 16.6. The molecule has 0 spiro atoms. The van der Waals surface area contributed by atoms with Crippen molar-refractivity contribution in [3.05, 3.63) is 46.9 Å². The minimum atomic E-state index is -0.718. The van der Waals surface area contributed by atoms with Crippen LogP contribution in [-0.4, -0.2) is 28.8 Å². The van der Waals surface area contributed by atoms with E-state index in [-0.39, 0.29) is 23.2 Å². The number of rotatable bonds is 1. The Morgan fingerprint density at radius 3 is 2.33 bits per heavy atom. The topological polar surface area (TPSA) is 64.2 Å². The second kappa shape index (κ2) is 5.41. The van der Waals surface area contributed by atoms with Gasteiger partial charge in [-0.15, -0.1) is 0 Å². The quantitative estimate of drug-likeness (QED) is 0.874. The fraction of sp³-hybridized carbons (Fsp3) is 0.444. The molecule has 0 saturated heterocycles. The Morgan fingerprint density at radius 2 is 1.79 bits per heavy atom. The highest BCUT2D eigenvalue weighted by molar-refractivity contribution is 6.00. The molecule has 6 heteroatoms. The minimum Gasteiger partial charge on any atom is -0.319 e. The lowest BCUT2D eigenvalue weighted by molar-refractivity contribution is -0.120. The second-order valence-electron chi connectivity index (χ2n) is 7.36. The number of benzene rings is 1. The standard InChI is InChI=1S/C18H23FN4O/c1-10-13-14(11-6-8-12(19)9-7-11)15(20)17(24)22(5)16(13)23(21-10)18(2,3)4/h6-9,14-15H,20H2,1-5H3/t14-,15-/m0/s1. The molecular weight excluding hydrogens is 307 g/mol. The molecule has 1 aliphatic heterocycles. The summed E-state index contributed by atoms with van der Waals surface area (Å²) in [5.41, 5.74) is 8.58. The lowest BCUT2D eigenvalue weighted by Crippen LogP contribution is -2.51. The SMILES string of the molecule is Cc1nn(C(C)(C)C)c2c1[C@H](c1ccc(F)cc1)[C@H](N)C(=O)N2C. The average molecular weight is 330 g/mol. The largest absolute Gasteiger partial charge is 0.319 e. The lowest BCUT2D eigenvalue weighted by Gasteiger charge is -2.36. The van der Waals surface area contributed by atoms with E-state index in [1.807, 2.05) is 32.4 Å². The van der Waals surface area contributed by atoms with E-state index in [9.17, 15) is 9.18 Å². The third kappa shape index (κ3) is 2.41. The van der Waals surface area contributed by atoms with Gasteiger partial charge in [0.2, 0.25) is 5.91 Å². The smallest absolute Gasteiger partial charge is 0.245 e. The van der Waals surface area contributed by atoms with Crippen LogP contribution in [0.3, 0.4) is 0 Å². The van der Waals surface area contributed by atoms with Gasteiger partial charge in [0.25, 0.3) is 0 Å². The first-order valence-corrected chi connectivity index (χ1v) is 8.01. The van der Waals surface area contributed by atoms with Gasteiger partial charge >= 0.3 is 0 Å². The molecule has 0 radical (unpaired) electrons. The van der Waals surface area contributed by atoms with Crippen molar-refractivity contribution >= 4 is 11.7 Å². The molecule has 0 bridgehead atoms. The molecule has 1 aromatic heterocycles. The van der Waals surface area contributed by atoms with Gasteiger partial charge in [0.1, 0.15) is 11.6 Å². The van der Waals surface area contributed by atoms with E-state index in [0.29, 0.717) is 0 Å². The van der Waals surface area contributed by atoms with Crippen LogP contribution >= 0.6 is 0 Å². The molecule has 1 amide bonds. The van der Waals surface area contributed by atoms with Crippen molar-refractivity contribution in [2.24, 2.45) is 5.73 Å². The van der Waals surface area contributed by atoms with Crippen molar-refractivity contribution in [3.8, 4) is 0 Å². The van der Waals surface area contributed by atoms with E-state index in [2.05, 4.69) is 5.10 Å². The number of aryl methyl sites for hydroxylation is 1. The van der Waals surface area contributed by atoms with Crippen LogP contribution in [0.2, 0.25) is 0 Å². The van der Waals surface area contributed by atoms with Gasteiger partial charge in [-0.3, -0.25) is 9.69 Å². The maximum atomic E-state index is 13.3. The molecule has 128 valence electrons. The number of nitrogens with zero attached hydrogens (tertiary/aromatic N) is 3. The molecule has 2 aromatic rings. The van der Waals surface area contributed by atoms with Gasteiger partial charge in [-0.2, -0.15) is 5.10 Å². The fourth-order valence-electron chi connectivity index (χ4n) is 3.38. The summed E-state index contributed by atoms with van der Waals surface area (Å²) in [5, 5.41) is 4.67. The normalized spacial score (nSPS) is 21.1. The Labute approximate surface area is 141 Å². The summed E-state index contributed by atoms with van der Waals surface area (Å²) >= 11 is 0. The van der Waals surface area contributed by atoms with Crippen LogP contribution in [-0.2, 0) is 10.3 Å². The number of hydrogen-bond acceptors (Lipinski definition) is 3. The second-order valence-corrected chi connectivity index (χ2v) is 7.36. The molecule has 1 aromatic carbocycles. The molecule has 2 atom stereocenters. The van der Waals surface area contributed by atoms with Gasteiger partial charge in [-0.1, -0.05) is 12.1 Å². The van der Waals surface area contributed by atoms with E-state index < -0.39 is 6.04 Å². The molecule has 3 rings (SSSR count). The monoisotopic (exact) mass is 330 g/mol. The van der Waals surface area contributed by atoms with Crippen molar-refractivity contribution < 1.29 is 9.18 Å². The van der Waals surface area contributed by atoms with Crippen molar-refractivity contribution in [1.82, 2.24) is 9.78 Å². The molecule has 1 aliphatic rings. The molecule has 5 nitrogen and oxygen atoms in total. The maximum absolute atomic E-state index is 13.3. The Bertz CT molecular complexity index is 789. The summed E-state index contributed by atoms with van der Waals surface area (Å²) < 4.78 is 15.2. The molecular formula is C18H23FN4O. The summed E-state index contributed by atoms with van der Waals surface area (Å²) in [7, 11) is 1.73. The van der Waals surface area contributed by atoms with E-state index in [1.54, 1.807) is 24.1 Å². The van der Waals surface area contributed by atoms with E-state index >= 15 is 0 Å². The van der Waals surface area contributed by atoms with Crippen LogP contribution < -0.4 is 10.6 Å². The van der Waals surface area contributed by atoms with Crippen molar-refractivity contribution in [2.75, 3.05) is 11.9 Å². The number of halogens is 1. The fourth-order valence-corrected chi connectivity index (χ4v) is 3.38. The molecule has 0 unspecified atom stereocenters. The predicted octanol–water partition coefficient (Wildman–Crippen LogP) is 2.52. The molecule has 2 heterocycles. The van der Waals surface area contributed by atoms with Crippen LogP contribution in [0.4, 0.5) is 10.2 Å². The van der Waals surface area contributed by atoms with Crippen LogP contribution in [0.25, 0.3) is 0 Å². The Morgan fingerprint density at radius 1 is 1.21 bits per heavy atom. The molecule has 2 N–H and O–H groups in total. The van der Waals surface area contributed by atoms with Crippen LogP contribution in [0, 0.1) is 12.7 Å². The van der Waals surface area contributed by atoms with Gasteiger partial charge in [0.15, 0.2) is 0 Å². The molecule has 0 fully saturated rings. The first-order chi connectivity index (χ1) is 11.1. The van der Waals surface area contributed by atoms with Gasteiger partial charge in [0.05, 0.1) is 17.3 Å². The maximum Gasteiger partial charge on any atom is 0.245 e. The van der Waals surface area contributed by atoms with Crippen LogP contribution in [0.15, 0.2) is 24.3 Å². The number of fused-ring (bicyclic) bond motifs is 1. The number of anilines is 1. The highest BCUT2D eigenvalue weighted by Crippen LogP contribution is 2.42. The third-order valence-corrected chi connectivity index (χ3v) is 4.55. The van der Waals surface area contributed by atoms with Crippen molar-refractivity contribution in [2.45, 2.75) is 45.2 Å². The zero-order chi connectivity index (χ0) is 17.8. The zero-order valence-corrected chi connectivity index (χ0v) is 14.7. The molecule has 24 heavy (non-hydrogen) atoms. The predicted molar refractivity (Wildman–Crippen MR) is 91.6 cm³/mol. The van der Waals surface area contributed by atoms with Gasteiger partial charge in [-0.05, 0) is 45.4 Å². The van der Waals surface area contributed by atoms with Gasteiger partial charge in [0, 0.05) is 18.5 Å². The van der Waals surface area contributed by atoms with Crippen molar-refractivity contribution in [3.63, 3.8) is 0 Å². The summed E-state index contributed by atoms with van der Waals surface area (Å²) in [6.45, 7) is 8.05. The van der Waals surface area contributed by atoms with Gasteiger partial charge in [-0.25, -0.2) is 9.07 Å². The number of likely N-dealkylation sites (N-methyl/N-ethyl adjacent to an activating group) is 1. The van der Waals surface area contributed by atoms with E-state index in [4.69, 9.17) is 5.73 Å². The minimum absolute atomic E-state index is 0.165. The highest BCUT2D eigenvalue weighted by Gasteiger charge is 2.42. The number of amides is 1. The summed E-state index contributed by atoms with van der Waals surface area (Å²) in [5.74, 6) is -0.0439. The number of hydrogen-bond donors (Lipinski definition) is 1. The number of nitrogens with two attached hydrogens (primary N) is 1. The van der Waals surface area contributed by atoms with E-state index in [1.165, 1.54) is 12.1 Å². The number of carbonyl (C=O) groups is 1. The van der Waals surface area contributed by atoms with E-state index in [0.717, 1.165) is 22.6 Å². The van der Waals surface area contributed by atoms with Crippen LogP contribution in [0.5, 0.6) is 0 Å². The Balaban J connectivity index is 2.27. The summed E-state index contributed by atoms with van der Waals surface area (Å²) in [6, 6.07) is 5.46. The molecule has 0 aliphatic carbocycles. The Kier molecular flexibility index (Phi) is 3.75. The van der Waals surface area contributed by atoms with Gasteiger partial charge < -0.3 is 5.73 Å². The Hall–Kier alpha value is -2.21. The highest BCUT2D eigenvalue weighted by atomic mass is 19.1. The van der Waals surface area contributed by atoms with Crippen LogP contribution in [0.1, 0.15) is 43.5 Å². The average Bonchev–Trinajstić information content (AvgIpc) is 2.85. The summed E-state index contributed by atoms with van der Waals surface area (Å²) in [4.78, 5) is 14.3. The lowest BCUT2D eigenvalue weighted by atomic mass is 9.82.